The summed E-state index contributed by atoms with van der Waals surface area (Å²) >= 11 is 0. The van der Waals surface area contributed by atoms with Gasteiger partial charge in [0.25, 0.3) is 0 Å². The van der Waals surface area contributed by atoms with Crippen LogP contribution in [0.1, 0.15) is 47.9 Å². The van der Waals surface area contributed by atoms with Gasteiger partial charge in [-0.2, -0.15) is 0 Å². The maximum Gasteiger partial charge on any atom is 0.310 e. The molecule has 0 bridgehead atoms. The largest absolute Gasteiger partial charge is 0.488 e. The van der Waals surface area contributed by atoms with E-state index in [1.165, 1.54) is 22.3 Å². The van der Waals surface area contributed by atoms with Gasteiger partial charge in [-0.15, -0.1) is 0 Å². The summed E-state index contributed by atoms with van der Waals surface area (Å²) in [6.07, 6.45) is 4.84. The zero-order valence-corrected chi connectivity index (χ0v) is 23.8. The first-order valence-electron chi connectivity index (χ1n) is 15.1. The van der Waals surface area contributed by atoms with Gasteiger partial charge < -0.3 is 19.5 Å². The normalized spacial score (nSPS) is 24.4. The van der Waals surface area contributed by atoms with Gasteiger partial charge in [0.1, 0.15) is 18.2 Å². The number of nitrogens with zero attached hydrogens (tertiary/aromatic N) is 3. The van der Waals surface area contributed by atoms with Crippen LogP contribution in [0.4, 0.5) is 5.82 Å². The van der Waals surface area contributed by atoms with E-state index in [9.17, 15) is 9.90 Å². The Morgan fingerprint density at radius 3 is 2.78 bits per heavy atom. The quantitative estimate of drug-likeness (QED) is 0.416. The average molecular weight is 554 g/mol. The second-order valence-corrected chi connectivity index (χ2v) is 12.3. The van der Waals surface area contributed by atoms with Crippen LogP contribution in [0.5, 0.6) is 5.75 Å². The summed E-state index contributed by atoms with van der Waals surface area (Å²) in [7, 11) is 0. The van der Waals surface area contributed by atoms with E-state index in [0.717, 1.165) is 87.9 Å². The average Bonchev–Trinajstić information content (AvgIpc) is 3.77. The predicted molar refractivity (Wildman–Crippen MR) is 158 cm³/mol. The summed E-state index contributed by atoms with van der Waals surface area (Å²) in [6.45, 7) is 8.16. The number of anilines is 1. The molecular weight excluding hydrogens is 514 g/mol. The van der Waals surface area contributed by atoms with Gasteiger partial charge in [-0.3, -0.25) is 9.69 Å². The molecule has 4 heterocycles. The molecule has 214 valence electrons. The van der Waals surface area contributed by atoms with E-state index in [-0.39, 0.29) is 5.92 Å². The standard InChI is InChI=1S/C34H39N3O4/c1-23-25(10-9-24-20-36(15-11-28(23)24)27-12-17-40-18-13-27)22-41-31-7-3-2-5-29(31)30-6-4-8-32(35-30)37-16-14-34(33(38)39)19-26(34)21-37/h2-10,26-27H,11-22H2,1H3,(H,38,39)/t26-,34+/m0/s1. The highest BCUT2D eigenvalue weighted by atomic mass is 16.5. The lowest BCUT2D eigenvalue weighted by molar-refractivity contribution is -0.144. The maximum atomic E-state index is 11.7. The van der Waals surface area contributed by atoms with Gasteiger partial charge in [-0.25, -0.2) is 4.98 Å². The van der Waals surface area contributed by atoms with Crippen molar-refractivity contribution in [3.8, 4) is 17.0 Å². The molecule has 1 saturated carbocycles. The van der Waals surface area contributed by atoms with E-state index in [1.54, 1.807) is 0 Å². The molecule has 1 N–H and O–H groups in total. The van der Waals surface area contributed by atoms with Crippen molar-refractivity contribution < 1.29 is 19.4 Å². The van der Waals surface area contributed by atoms with Crippen molar-refractivity contribution in [3.63, 3.8) is 0 Å². The van der Waals surface area contributed by atoms with Gasteiger partial charge in [0, 0.05) is 51.0 Å². The van der Waals surface area contributed by atoms with Gasteiger partial charge in [0.05, 0.1) is 11.1 Å². The van der Waals surface area contributed by atoms with E-state index in [0.29, 0.717) is 19.1 Å². The number of hydrogen-bond donors (Lipinski definition) is 1. The monoisotopic (exact) mass is 553 g/mol. The van der Waals surface area contributed by atoms with Crippen molar-refractivity contribution in [3.05, 3.63) is 76.9 Å². The summed E-state index contributed by atoms with van der Waals surface area (Å²) in [5.41, 5.74) is 6.89. The third kappa shape index (κ3) is 4.99. The van der Waals surface area contributed by atoms with E-state index < -0.39 is 11.4 Å². The summed E-state index contributed by atoms with van der Waals surface area (Å²) in [5.74, 6) is 1.31. The van der Waals surface area contributed by atoms with Crippen LogP contribution < -0.4 is 9.64 Å². The molecule has 41 heavy (non-hydrogen) atoms. The second-order valence-electron chi connectivity index (χ2n) is 12.3. The van der Waals surface area contributed by atoms with Crippen LogP contribution in [0.25, 0.3) is 11.3 Å². The smallest absolute Gasteiger partial charge is 0.310 e. The minimum absolute atomic E-state index is 0.222. The minimum Gasteiger partial charge on any atom is -0.488 e. The van der Waals surface area contributed by atoms with Crippen LogP contribution in [-0.4, -0.2) is 59.8 Å². The highest BCUT2D eigenvalue weighted by Crippen LogP contribution is 2.58. The first kappa shape index (κ1) is 26.5. The fraction of sp³-hybridized carbons (Fsp3) is 0.471. The van der Waals surface area contributed by atoms with Gasteiger partial charge in [-0.05, 0) is 91.5 Å². The Kier molecular flexibility index (Phi) is 6.95. The summed E-state index contributed by atoms with van der Waals surface area (Å²) < 4.78 is 12.1. The Morgan fingerprint density at radius 1 is 1.10 bits per heavy atom. The lowest BCUT2D eigenvalue weighted by atomic mass is 9.90. The fourth-order valence-corrected chi connectivity index (χ4v) is 7.33. The molecule has 3 fully saturated rings. The number of pyridine rings is 1. The number of para-hydroxylation sites is 1. The van der Waals surface area contributed by atoms with Crippen molar-refractivity contribution in [1.82, 2.24) is 9.88 Å². The number of piperidine rings is 1. The summed E-state index contributed by atoms with van der Waals surface area (Å²) in [5, 5.41) is 9.63. The van der Waals surface area contributed by atoms with Gasteiger partial charge in [-0.1, -0.05) is 30.3 Å². The summed E-state index contributed by atoms with van der Waals surface area (Å²) in [4.78, 5) is 21.6. The number of hydrogen-bond acceptors (Lipinski definition) is 6. The number of ether oxygens (including phenoxy) is 2. The Labute approximate surface area is 242 Å². The summed E-state index contributed by atoms with van der Waals surface area (Å²) in [6, 6.07) is 19.4. The topological polar surface area (TPSA) is 75.1 Å². The van der Waals surface area contributed by atoms with E-state index in [2.05, 4.69) is 34.9 Å². The molecule has 7 rings (SSSR count). The highest BCUT2D eigenvalue weighted by molar-refractivity contribution is 5.79. The first-order valence-corrected chi connectivity index (χ1v) is 15.1. The Balaban J connectivity index is 1.05. The van der Waals surface area contributed by atoms with E-state index in [4.69, 9.17) is 14.5 Å². The second kappa shape index (κ2) is 10.8. The van der Waals surface area contributed by atoms with Crippen LogP contribution in [0.15, 0.2) is 54.6 Å². The number of carbonyl (C=O) groups is 1. The fourth-order valence-electron chi connectivity index (χ4n) is 7.33. The predicted octanol–water partition coefficient (Wildman–Crippen LogP) is 5.47. The van der Waals surface area contributed by atoms with Crippen molar-refractivity contribution in [2.45, 2.75) is 58.2 Å². The van der Waals surface area contributed by atoms with Crippen molar-refractivity contribution >= 4 is 11.8 Å². The molecule has 0 spiro atoms. The van der Waals surface area contributed by atoms with E-state index in [1.807, 2.05) is 36.4 Å². The zero-order valence-electron chi connectivity index (χ0n) is 23.8. The van der Waals surface area contributed by atoms with Gasteiger partial charge >= 0.3 is 5.97 Å². The molecule has 4 aliphatic rings. The lowest BCUT2D eigenvalue weighted by Gasteiger charge is -2.38. The van der Waals surface area contributed by atoms with Gasteiger partial charge in [0.15, 0.2) is 0 Å². The Hall–Kier alpha value is -3.42. The number of aromatic nitrogens is 1. The molecule has 2 atom stereocenters. The highest BCUT2D eigenvalue weighted by Gasteiger charge is 2.62. The molecule has 3 aliphatic heterocycles. The molecule has 1 aliphatic carbocycles. The third-order valence-electron chi connectivity index (χ3n) is 10.1. The first-order chi connectivity index (χ1) is 20.0. The number of aliphatic carboxylic acids is 1. The van der Waals surface area contributed by atoms with Crippen molar-refractivity contribution in [2.75, 3.05) is 37.7 Å². The minimum atomic E-state index is -0.638. The lowest BCUT2D eigenvalue weighted by Crippen LogP contribution is -2.42. The van der Waals surface area contributed by atoms with Crippen LogP contribution in [0, 0.1) is 18.3 Å². The number of carboxylic acid groups (broad SMARTS) is 1. The number of benzene rings is 2. The molecule has 7 nitrogen and oxygen atoms in total. The molecule has 2 aromatic carbocycles. The molecule has 0 amide bonds. The van der Waals surface area contributed by atoms with Crippen molar-refractivity contribution in [1.29, 1.82) is 0 Å². The molecule has 7 heteroatoms. The molecule has 0 unspecified atom stereocenters. The zero-order chi connectivity index (χ0) is 28.0. The number of carboxylic acids is 1. The maximum absolute atomic E-state index is 11.7. The van der Waals surface area contributed by atoms with Gasteiger partial charge in [0.2, 0.25) is 0 Å². The molecule has 0 radical (unpaired) electrons. The molecule has 2 saturated heterocycles. The molecule has 1 aromatic heterocycles. The van der Waals surface area contributed by atoms with Crippen LogP contribution in [0.3, 0.4) is 0 Å². The number of rotatable bonds is 7. The number of fused-ring (bicyclic) bond motifs is 2. The Bertz CT molecular complexity index is 1450. The van der Waals surface area contributed by atoms with Crippen molar-refractivity contribution in [2.24, 2.45) is 11.3 Å². The SMILES string of the molecule is Cc1c(COc2ccccc2-c2cccc(N3CC[C@@]4(C(=O)O)C[C@H]4C3)n2)ccc2c1CCN(C1CCOCC1)C2. The van der Waals surface area contributed by atoms with Crippen LogP contribution in [-0.2, 0) is 29.1 Å². The van der Waals surface area contributed by atoms with Crippen LogP contribution >= 0.6 is 0 Å². The Morgan fingerprint density at radius 2 is 1.95 bits per heavy atom. The van der Waals surface area contributed by atoms with E-state index >= 15 is 0 Å². The molecular formula is C34H39N3O4. The molecule has 3 aromatic rings. The third-order valence-corrected chi connectivity index (χ3v) is 10.1. The van der Waals surface area contributed by atoms with Crippen LogP contribution in [0.2, 0.25) is 0 Å².